The van der Waals surface area contributed by atoms with Crippen molar-refractivity contribution in [3.63, 3.8) is 0 Å². The third-order valence-corrected chi connectivity index (χ3v) is 6.91. The lowest BCUT2D eigenvalue weighted by molar-refractivity contribution is -0.136. The molecule has 0 atom stereocenters. The van der Waals surface area contributed by atoms with Crippen molar-refractivity contribution in [3.05, 3.63) is 59.7 Å². The van der Waals surface area contributed by atoms with Crippen molar-refractivity contribution in [2.24, 2.45) is 0 Å². The van der Waals surface area contributed by atoms with Crippen LogP contribution in [0, 0.1) is 0 Å². The van der Waals surface area contributed by atoms with Gasteiger partial charge in [-0.3, -0.25) is 4.79 Å². The topological polar surface area (TPSA) is 99.2 Å². The van der Waals surface area contributed by atoms with Crippen LogP contribution in [0.15, 0.2) is 53.4 Å². The molecule has 0 amide bonds. The van der Waals surface area contributed by atoms with E-state index < -0.39 is 22.6 Å². The standard InChI is InChI=1S/C23H25NO7S/c1-3-24(4-2)32(27,28)19-9-5-17(6-10-19)7-12-23(26)31-16-20(25)18-8-11-21-22(15-18)30-14-13-29-21/h5-12,15H,3-4,13-14,16H2,1-2H3/b12-7+. The predicted molar refractivity (Wildman–Crippen MR) is 118 cm³/mol. The quantitative estimate of drug-likeness (QED) is 0.323. The number of carbonyl (C=O) groups is 2. The van der Waals surface area contributed by atoms with Crippen LogP contribution in [0.4, 0.5) is 0 Å². The van der Waals surface area contributed by atoms with E-state index in [1.54, 1.807) is 44.2 Å². The minimum absolute atomic E-state index is 0.186. The van der Waals surface area contributed by atoms with Crippen molar-refractivity contribution in [3.8, 4) is 11.5 Å². The van der Waals surface area contributed by atoms with Gasteiger partial charge in [0.25, 0.3) is 0 Å². The van der Waals surface area contributed by atoms with Crippen LogP contribution in [-0.2, 0) is 19.6 Å². The van der Waals surface area contributed by atoms with E-state index >= 15 is 0 Å². The first-order valence-electron chi connectivity index (χ1n) is 10.2. The van der Waals surface area contributed by atoms with E-state index in [0.717, 1.165) is 0 Å². The first-order chi connectivity index (χ1) is 15.3. The van der Waals surface area contributed by atoms with E-state index in [9.17, 15) is 18.0 Å². The zero-order valence-electron chi connectivity index (χ0n) is 17.9. The van der Waals surface area contributed by atoms with Crippen LogP contribution in [0.5, 0.6) is 11.5 Å². The van der Waals surface area contributed by atoms with Crippen LogP contribution in [0.2, 0.25) is 0 Å². The van der Waals surface area contributed by atoms with Crippen LogP contribution in [0.1, 0.15) is 29.8 Å². The monoisotopic (exact) mass is 459 g/mol. The van der Waals surface area contributed by atoms with Crippen LogP contribution in [-0.4, -0.2) is 57.4 Å². The Bertz CT molecular complexity index is 1100. The highest BCUT2D eigenvalue weighted by Gasteiger charge is 2.21. The average Bonchev–Trinajstić information content (AvgIpc) is 2.81. The molecule has 1 heterocycles. The number of sulfonamides is 1. The molecular formula is C23H25NO7S. The number of hydrogen-bond donors (Lipinski definition) is 0. The van der Waals surface area contributed by atoms with Gasteiger partial charge in [0.2, 0.25) is 10.0 Å². The summed E-state index contributed by atoms with van der Waals surface area (Å²) in [6.07, 6.45) is 2.68. The maximum Gasteiger partial charge on any atom is 0.331 e. The molecule has 0 saturated heterocycles. The van der Waals surface area contributed by atoms with Crippen molar-refractivity contribution in [1.29, 1.82) is 0 Å². The summed E-state index contributed by atoms with van der Waals surface area (Å²) >= 11 is 0. The van der Waals surface area contributed by atoms with E-state index in [0.29, 0.717) is 48.9 Å². The van der Waals surface area contributed by atoms with E-state index in [1.165, 1.54) is 28.6 Å². The van der Waals surface area contributed by atoms with E-state index in [2.05, 4.69) is 0 Å². The molecule has 32 heavy (non-hydrogen) atoms. The molecule has 0 aliphatic carbocycles. The van der Waals surface area contributed by atoms with Gasteiger partial charge in [-0.2, -0.15) is 4.31 Å². The van der Waals surface area contributed by atoms with Crippen LogP contribution < -0.4 is 9.47 Å². The number of ketones is 1. The Morgan fingerprint density at radius 3 is 2.31 bits per heavy atom. The zero-order valence-corrected chi connectivity index (χ0v) is 18.8. The summed E-state index contributed by atoms with van der Waals surface area (Å²) in [6.45, 7) is 4.79. The molecule has 8 nitrogen and oxygen atoms in total. The Morgan fingerprint density at radius 2 is 1.66 bits per heavy atom. The van der Waals surface area contributed by atoms with Crippen molar-refractivity contribution >= 4 is 27.9 Å². The van der Waals surface area contributed by atoms with E-state index in [4.69, 9.17) is 14.2 Å². The molecule has 9 heteroatoms. The third kappa shape index (κ3) is 5.54. The third-order valence-electron chi connectivity index (χ3n) is 4.84. The Balaban J connectivity index is 1.56. The average molecular weight is 460 g/mol. The van der Waals surface area contributed by atoms with E-state index in [1.807, 2.05) is 0 Å². The Hall–Kier alpha value is -3.17. The van der Waals surface area contributed by atoms with Crippen molar-refractivity contribution in [1.82, 2.24) is 4.31 Å². The SMILES string of the molecule is CCN(CC)S(=O)(=O)c1ccc(/C=C/C(=O)OCC(=O)c2ccc3c(c2)OCCO3)cc1. The van der Waals surface area contributed by atoms with Gasteiger partial charge in [0.15, 0.2) is 23.9 Å². The Kier molecular flexibility index (Phi) is 7.66. The van der Waals surface area contributed by atoms with Crippen molar-refractivity contribution < 1.29 is 32.2 Å². The Morgan fingerprint density at radius 1 is 1.00 bits per heavy atom. The molecule has 0 bridgehead atoms. The second kappa shape index (κ2) is 10.4. The molecule has 0 saturated carbocycles. The number of ether oxygens (including phenoxy) is 3. The van der Waals surface area contributed by atoms with Gasteiger partial charge < -0.3 is 14.2 Å². The molecule has 0 fully saturated rings. The molecule has 0 radical (unpaired) electrons. The number of benzene rings is 2. The minimum Gasteiger partial charge on any atom is -0.486 e. The number of carbonyl (C=O) groups excluding carboxylic acids is 2. The van der Waals surface area contributed by atoms with Gasteiger partial charge in [0, 0.05) is 24.7 Å². The molecule has 170 valence electrons. The van der Waals surface area contributed by atoms with Gasteiger partial charge in [-0.1, -0.05) is 26.0 Å². The molecule has 0 N–H and O–H groups in total. The number of hydrogen-bond acceptors (Lipinski definition) is 7. The number of Topliss-reactive ketones (excluding diaryl/α,β-unsaturated/α-hetero) is 1. The van der Waals surface area contributed by atoms with Gasteiger partial charge in [-0.05, 0) is 42.0 Å². The van der Waals surface area contributed by atoms with Crippen LogP contribution in [0.25, 0.3) is 6.08 Å². The van der Waals surface area contributed by atoms with Crippen LogP contribution >= 0.6 is 0 Å². The zero-order chi connectivity index (χ0) is 23.1. The fraction of sp³-hybridized carbons (Fsp3) is 0.304. The molecule has 1 aliphatic heterocycles. The fourth-order valence-corrected chi connectivity index (χ4v) is 4.57. The fourth-order valence-electron chi connectivity index (χ4n) is 3.11. The molecule has 1 aliphatic rings. The van der Waals surface area contributed by atoms with Gasteiger partial charge in [0.05, 0.1) is 4.90 Å². The summed E-state index contributed by atoms with van der Waals surface area (Å²) in [5, 5.41) is 0. The molecular weight excluding hydrogens is 434 g/mol. The summed E-state index contributed by atoms with van der Waals surface area (Å²) in [6, 6.07) is 11.0. The van der Waals surface area contributed by atoms with Crippen molar-refractivity contribution in [2.45, 2.75) is 18.7 Å². The smallest absolute Gasteiger partial charge is 0.331 e. The normalized spacial score (nSPS) is 13.3. The van der Waals surface area contributed by atoms with Crippen LogP contribution in [0.3, 0.4) is 0 Å². The van der Waals surface area contributed by atoms with Gasteiger partial charge in [0.1, 0.15) is 13.2 Å². The summed E-state index contributed by atoms with van der Waals surface area (Å²) < 4.78 is 42.2. The molecule has 2 aromatic carbocycles. The summed E-state index contributed by atoms with van der Waals surface area (Å²) in [5.74, 6) is 0.00818. The second-order valence-electron chi connectivity index (χ2n) is 6.88. The summed E-state index contributed by atoms with van der Waals surface area (Å²) in [7, 11) is -3.54. The van der Waals surface area contributed by atoms with Gasteiger partial charge in [-0.25, -0.2) is 13.2 Å². The predicted octanol–water partition coefficient (Wildman–Crippen LogP) is 2.93. The van der Waals surface area contributed by atoms with Gasteiger partial charge >= 0.3 is 5.97 Å². The van der Waals surface area contributed by atoms with Gasteiger partial charge in [-0.15, -0.1) is 0 Å². The largest absolute Gasteiger partial charge is 0.486 e. The highest BCUT2D eigenvalue weighted by Crippen LogP contribution is 2.30. The number of nitrogens with zero attached hydrogens (tertiary/aromatic N) is 1. The molecule has 3 rings (SSSR count). The molecule has 0 unspecified atom stereocenters. The maximum atomic E-state index is 12.5. The minimum atomic E-state index is -3.54. The number of fused-ring (bicyclic) bond motifs is 1. The highest BCUT2D eigenvalue weighted by molar-refractivity contribution is 7.89. The first-order valence-corrected chi connectivity index (χ1v) is 11.7. The molecule has 2 aromatic rings. The summed E-state index contributed by atoms with van der Waals surface area (Å²) in [4.78, 5) is 24.4. The second-order valence-corrected chi connectivity index (χ2v) is 8.82. The highest BCUT2D eigenvalue weighted by atomic mass is 32.2. The lowest BCUT2D eigenvalue weighted by atomic mass is 10.1. The first kappa shape index (κ1) is 23.5. The lowest BCUT2D eigenvalue weighted by Crippen LogP contribution is -2.30. The number of esters is 1. The molecule has 0 spiro atoms. The maximum absolute atomic E-state index is 12.5. The summed E-state index contributed by atoms with van der Waals surface area (Å²) in [5.41, 5.74) is 0.981. The van der Waals surface area contributed by atoms with E-state index in [-0.39, 0.29) is 10.7 Å². The Labute approximate surface area is 187 Å². The van der Waals surface area contributed by atoms with Crippen molar-refractivity contribution in [2.75, 3.05) is 32.9 Å². The lowest BCUT2D eigenvalue weighted by Gasteiger charge is -2.18. The molecule has 0 aromatic heterocycles. The number of rotatable bonds is 9.